The van der Waals surface area contributed by atoms with Crippen LogP contribution >= 0.6 is 68.0 Å². The molecule has 11 aromatic rings. The number of fused-ring (bicyclic) bond motifs is 3. The predicted octanol–water partition coefficient (Wildman–Crippen LogP) is 27.9. The van der Waals surface area contributed by atoms with Crippen molar-refractivity contribution in [2.45, 2.75) is 185 Å². The van der Waals surface area contributed by atoms with Crippen LogP contribution in [0.2, 0.25) is 0 Å². The molecule has 4 aromatic carbocycles. The Morgan fingerprint density at radius 1 is 0.413 bits per heavy atom. The van der Waals surface area contributed by atoms with Crippen molar-refractivity contribution in [3.8, 4) is 85.5 Å². The zero-order valence-electron chi connectivity index (χ0n) is 56.0. The Bertz CT molecular complexity index is 4150. The number of aryl methyl sites for hydroxylation is 2. The molecule has 0 fully saturated rings. The highest BCUT2D eigenvalue weighted by Crippen LogP contribution is 2.55. The first-order chi connectivity index (χ1) is 45.0. The van der Waals surface area contributed by atoms with Crippen LogP contribution in [0.25, 0.3) is 110 Å². The molecule has 480 valence electrons. The number of benzene rings is 4. The number of aromatic nitrogens is 2. The molecule has 5 nitrogen and oxygen atoms in total. The summed E-state index contributed by atoms with van der Waals surface area (Å²) in [7, 11) is 0. The molecule has 0 radical (unpaired) electrons. The smallest absolute Gasteiger partial charge is 0.198 e. The van der Waals surface area contributed by atoms with Gasteiger partial charge in [-0.05, 0) is 178 Å². The number of unbranched alkanes of at least 4 members (excludes halogenated alkanes) is 4. The van der Waals surface area contributed by atoms with Crippen molar-refractivity contribution in [1.82, 2.24) is 9.97 Å². The van der Waals surface area contributed by atoms with Crippen LogP contribution in [0.4, 0.5) is 5.69 Å². The summed E-state index contributed by atoms with van der Waals surface area (Å²) in [4.78, 5) is 28.8. The molecule has 0 aliphatic rings. The molecular weight excluding hydrogens is 1240 g/mol. The lowest BCUT2D eigenvalue weighted by Gasteiger charge is -2.18. The Balaban J connectivity index is 1.07. The summed E-state index contributed by atoms with van der Waals surface area (Å²) >= 11 is 11.4. The molecule has 0 bridgehead atoms. The van der Waals surface area contributed by atoms with Crippen molar-refractivity contribution >= 4 is 105 Å². The van der Waals surface area contributed by atoms with Gasteiger partial charge in [0.1, 0.15) is 11.5 Å². The van der Waals surface area contributed by atoms with Gasteiger partial charge in [-0.3, -0.25) is 0 Å². The third-order valence-corrected chi connectivity index (χ3v) is 25.7. The summed E-state index contributed by atoms with van der Waals surface area (Å²) in [5.74, 6) is 4.16. The van der Waals surface area contributed by atoms with Crippen LogP contribution in [0.15, 0.2) is 115 Å². The molecule has 4 unspecified atom stereocenters. The molecule has 0 amide bonds. The lowest BCUT2D eigenvalue weighted by Crippen LogP contribution is -2.11. The Labute approximate surface area is 573 Å². The Morgan fingerprint density at radius 2 is 0.870 bits per heavy atom. The minimum absolute atomic E-state index is 0.518. The van der Waals surface area contributed by atoms with E-state index in [4.69, 9.17) is 26.0 Å². The van der Waals surface area contributed by atoms with E-state index in [1.54, 1.807) is 22.7 Å². The number of hydrogen-bond acceptors (Lipinski definition) is 10. The van der Waals surface area contributed by atoms with Crippen LogP contribution in [0.1, 0.15) is 178 Å². The SMILES string of the molecule is [C-]#[N+]c1cc(-c2ccc(C)s2)c2nc(-c3ccc(OCC(CC)CCCC)cc3)c(-c3ccc(OCC(CC)CCCC)cc3)nc2c1-c1ccc(-c2cc3c(-c4ccc(CC(CC)CCCC)s4)c4sc(C)cc4c(-c4ccc(CC(CC)CCCC)s4)c3s2)s1. The largest absolute Gasteiger partial charge is 0.493 e. The fraction of sp³-hybridized carbons (Fsp3) is 0.420. The van der Waals surface area contributed by atoms with E-state index < -0.39 is 0 Å². The summed E-state index contributed by atoms with van der Waals surface area (Å²) in [5, 5.41) is 2.71. The maximum absolute atomic E-state index is 8.99. The standard InChI is InChI=1S/C81H93N3O2S6/c1-12-20-24-53(16-5)45-61-37-40-69(89-61)73-64-44-52(10)88-80(64)74(70-41-38-62(90-70)46-54(17-6)25-21-13-2)65-48-72(92-81(65)73)68-42-43-71(91-68)75-66(82-11)47-63(67-39-28-51(9)87-67)78-79(75)84-77(58-31-35-60(36-32-58)86-50-56(19-8)27-23-15-4)76(83-78)57-29-33-59(34-30-57)85-49-55(18-7)26-22-14-3/h28-44,47-48,53-56H,12-27,45-46,49-50H2,1-10H3. The van der Waals surface area contributed by atoms with E-state index in [2.05, 4.69) is 189 Å². The molecule has 0 spiro atoms. The fourth-order valence-electron chi connectivity index (χ4n) is 13.1. The summed E-state index contributed by atoms with van der Waals surface area (Å²) in [5.41, 5.74) is 10.0. The second kappa shape index (κ2) is 32.0. The molecule has 0 aliphatic carbocycles. The average Bonchev–Trinajstić information content (AvgIpc) is 1.49. The van der Waals surface area contributed by atoms with Gasteiger partial charge in [-0.15, -0.1) is 68.0 Å². The van der Waals surface area contributed by atoms with Crippen molar-refractivity contribution in [3.63, 3.8) is 0 Å². The van der Waals surface area contributed by atoms with Crippen molar-refractivity contribution in [2.75, 3.05) is 13.2 Å². The van der Waals surface area contributed by atoms with Gasteiger partial charge in [-0.2, -0.15) is 0 Å². The lowest BCUT2D eigenvalue weighted by atomic mass is 9.95. The van der Waals surface area contributed by atoms with Gasteiger partial charge in [0.05, 0.1) is 42.2 Å². The maximum Gasteiger partial charge on any atom is 0.198 e. The van der Waals surface area contributed by atoms with Crippen LogP contribution in [-0.4, -0.2) is 23.2 Å². The first kappa shape index (κ1) is 67.4. The first-order valence-electron chi connectivity index (χ1n) is 34.6. The summed E-state index contributed by atoms with van der Waals surface area (Å²) in [6, 6.07) is 42.6. The van der Waals surface area contributed by atoms with E-state index in [0.717, 1.165) is 91.6 Å². The van der Waals surface area contributed by atoms with Crippen molar-refractivity contribution < 1.29 is 9.47 Å². The van der Waals surface area contributed by atoms with Gasteiger partial charge in [-0.1, -0.05) is 145 Å². The zero-order valence-corrected chi connectivity index (χ0v) is 60.9. The van der Waals surface area contributed by atoms with Gasteiger partial charge in [0, 0.05) is 102 Å². The van der Waals surface area contributed by atoms with Gasteiger partial charge in [0.15, 0.2) is 5.69 Å². The molecule has 7 heterocycles. The Kier molecular flexibility index (Phi) is 23.4. The third-order valence-electron chi connectivity index (χ3n) is 18.9. The molecule has 0 saturated heterocycles. The van der Waals surface area contributed by atoms with Crippen molar-refractivity contribution in [1.29, 1.82) is 0 Å². The van der Waals surface area contributed by atoms with Crippen LogP contribution in [-0.2, 0) is 12.8 Å². The molecule has 0 N–H and O–H groups in total. The number of rotatable bonds is 33. The van der Waals surface area contributed by atoms with Gasteiger partial charge in [-0.25, -0.2) is 14.8 Å². The zero-order chi connectivity index (χ0) is 64.3. The predicted molar refractivity (Wildman–Crippen MR) is 407 cm³/mol. The maximum atomic E-state index is 8.99. The van der Waals surface area contributed by atoms with E-state index in [1.165, 1.54) is 160 Å². The fourth-order valence-corrected chi connectivity index (χ4v) is 20.0. The lowest BCUT2D eigenvalue weighted by molar-refractivity contribution is 0.233. The van der Waals surface area contributed by atoms with Gasteiger partial charge >= 0.3 is 0 Å². The van der Waals surface area contributed by atoms with Crippen LogP contribution in [0.3, 0.4) is 0 Å². The second-order valence-corrected chi connectivity index (χ2v) is 32.6. The van der Waals surface area contributed by atoms with Gasteiger partial charge in [0.25, 0.3) is 0 Å². The summed E-state index contributed by atoms with van der Waals surface area (Å²) in [6.45, 7) is 33.3. The average molecular weight is 1330 g/mol. The molecule has 4 atom stereocenters. The highest BCUT2D eigenvalue weighted by molar-refractivity contribution is 7.28. The highest BCUT2D eigenvalue weighted by Gasteiger charge is 2.28. The first-order valence-corrected chi connectivity index (χ1v) is 39.5. The van der Waals surface area contributed by atoms with E-state index in [9.17, 15) is 0 Å². The minimum atomic E-state index is 0.518. The number of nitrogens with zero attached hydrogens (tertiary/aromatic N) is 3. The molecule has 92 heavy (non-hydrogen) atoms. The molecular formula is C81H93N3O2S6. The normalized spacial score (nSPS) is 13.1. The minimum Gasteiger partial charge on any atom is -0.493 e. The highest BCUT2D eigenvalue weighted by atomic mass is 32.1. The number of ether oxygens (including phenoxy) is 2. The summed E-state index contributed by atoms with van der Waals surface area (Å²) < 4.78 is 15.7. The second-order valence-electron chi connectivity index (χ2n) is 25.6. The van der Waals surface area contributed by atoms with Crippen molar-refractivity contribution in [3.05, 3.63) is 146 Å². The molecule has 0 aliphatic heterocycles. The molecule has 0 saturated carbocycles. The third kappa shape index (κ3) is 15.4. The van der Waals surface area contributed by atoms with Crippen molar-refractivity contribution in [2.24, 2.45) is 23.7 Å². The number of hydrogen-bond donors (Lipinski definition) is 0. The van der Waals surface area contributed by atoms with Crippen LogP contribution in [0.5, 0.6) is 11.5 Å². The topological polar surface area (TPSA) is 48.6 Å². The van der Waals surface area contributed by atoms with E-state index in [1.807, 2.05) is 45.3 Å². The Hall–Kier alpha value is -5.97. The quantitative estimate of drug-likeness (QED) is 0.0385. The van der Waals surface area contributed by atoms with Gasteiger partial charge < -0.3 is 9.47 Å². The molecule has 11 rings (SSSR count). The monoisotopic (exact) mass is 1330 g/mol. The summed E-state index contributed by atoms with van der Waals surface area (Å²) in [6.07, 6.45) is 21.7. The van der Waals surface area contributed by atoms with Crippen LogP contribution in [0, 0.1) is 44.1 Å². The number of thiophene rings is 6. The van der Waals surface area contributed by atoms with Crippen LogP contribution < -0.4 is 9.47 Å². The molecule has 7 aromatic heterocycles. The van der Waals surface area contributed by atoms with E-state index in [0.29, 0.717) is 42.6 Å². The van der Waals surface area contributed by atoms with E-state index in [-0.39, 0.29) is 0 Å². The Morgan fingerprint density at radius 3 is 1.36 bits per heavy atom. The van der Waals surface area contributed by atoms with E-state index >= 15 is 0 Å². The van der Waals surface area contributed by atoms with Gasteiger partial charge in [0.2, 0.25) is 0 Å². The molecule has 11 heteroatoms.